The van der Waals surface area contributed by atoms with Gasteiger partial charge in [0.2, 0.25) is 0 Å². The largest absolute Gasteiger partial charge is 0.371 e. The SMILES string of the molecule is CNCc1c(F)cccc1N(C)C1CCCC1. The molecule has 1 aliphatic carbocycles. The van der Waals surface area contributed by atoms with Gasteiger partial charge in [-0.25, -0.2) is 4.39 Å². The van der Waals surface area contributed by atoms with E-state index >= 15 is 0 Å². The average molecular weight is 236 g/mol. The van der Waals surface area contributed by atoms with E-state index in [4.69, 9.17) is 0 Å². The first-order valence-electron chi connectivity index (χ1n) is 6.39. The van der Waals surface area contributed by atoms with Crippen molar-refractivity contribution >= 4 is 5.69 Å². The van der Waals surface area contributed by atoms with Crippen molar-refractivity contribution < 1.29 is 4.39 Å². The summed E-state index contributed by atoms with van der Waals surface area (Å²) in [5.41, 5.74) is 1.82. The Labute approximate surface area is 103 Å². The van der Waals surface area contributed by atoms with Crippen LogP contribution in [0.3, 0.4) is 0 Å². The lowest BCUT2D eigenvalue weighted by molar-refractivity contribution is 0.592. The van der Waals surface area contributed by atoms with Crippen LogP contribution in [0.4, 0.5) is 10.1 Å². The van der Waals surface area contributed by atoms with E-state index < -0.39 is 0 Å². The van der Waals surface area contributed by atoms with E-state index in [9.17, 15) is 4.39 Å². The van der Waals surface area contributed by atoms with Gasteiger partial charge >= 0.3 is 0 Å². The van der Waals surface area contributed by atoms with Crippen molar-refractivity contribution in [2.75, 3.05) is 19.0 Å². The Balaban J connectivity index is 2.26. The van der Waals surface area contributed by atoms with Gasteiger partial charge in [-0.2, -0.15) is 0 Å². The van der Waals surface area contributed by atoms with Crippen LogP contribution >= 0.6 is 0 Å². The molecule has 2 rings (SSSR count). The van der Waals surface area contributed by atoms with Gasteiger partial charge in [0.25, 0.3) is 0 Å². The lowest BCUT2D eigenvalue weighted by Crippen LogP contribution is -2.30. The standard InChI is InChI=1S/C14H21FN2/c1-16-10-12-13(15)8-5-9-14(12)17(2)11-6-3-4-7-11/h5,8-9,11,16H,3-4,6-7,10H2,1-2H3. The second-order valence-corrected chi connectivity index (χ2v) is 4.82. The van der Waals surface area contributed by atoms with E-state index in [1.807, 2.05) is 13.1 Å². The average Bonchev–Trinajstić information content (AvgIpc) is 2.85. The first kappa shape index (κ1) is 12.4. The van der Waals surface area contributed by atoms with Crippen LogP contribution in [0.2, 0.25) is 0 Å². The number of hydrogen-bond acceptors (Lipinski definition) is 2. The second-order valence-electron chi connectivity index (χ2n) is 4.82. The number of halogens is 1. The number of rotatable bonds is 4. The van der Waals surface area contributed by atoms with E-state index in [-0.39, 0.29) is 5.82 Å². The quantitative estimate of drug-likeness (QED) is 0.864. The highest BCUT2D eigenvalue weighted by molar-refractivity contribution is 5.54. The molecule has 2 nitrogen and oxygen atoms in total. The van der Waals surface area contributed by atoms with Crippen LogP contribution in [0.5, 0.6) is 0 Å². The lowest BCUT2D eigenvalue weighted by Gasteiger charge is -2.29. The normalized spacial score (nSPS) is 16.4. The van der Waals surface area contributed by atoms with Crippen molar-refractivity contribution in [3.05, 3.63) is 29.6 Å². The molecule has 17 heavy (non-hydrogen) atoms. The maximum atomic E-state index is 13.8. The topological polar surface area (TPSA) is 15.3 Å². The van der Waals surface area contributed by atoms with Gasteiger partial charge in [-0.15, -0.1) is 0 Å². The van der Waals surface area contributed by atoms with Crippen LogP contribution in [0, 0.1) is 5.82 Å². The number of anilines is 1. The molecule has 94 valence electrons. The summed E-state index contributed by atoms with van der Waals surface area (Å²) in [4.78, 5) is 2.25. The summed E-state index contributed by atoms with van der Waals surface area (Å²) in [7, 11) is 3.94. The summed E-state index contributed by atoms with van der Waals surface area (Å²) in [5, 5.41) is 3.04. The van der Waals surface area contributed by atoms with Gasteiger partial charge in [0, 0.05) is 30.9 Å². The summed E-state index contributed by atoms with van der Waals surface area (Å²) in [6.07, 6.45) is 5.05. The van der Waals surface area contributed by atoms with Crippen LogP contribution in [0.25, 0.3) is 0 Å². The molecule has 1 N–H and O–H groups in total. The summed E-state index contributed by atoms with van der Waals surface area (Å²) < 4.78 is 13.8. The van der Waals surface area contributed by atoms with Gasteiger partial charge < -0.3 is 10.2 Å². The van der Waals surface area contributed by atoms with Crippen LogP contribution < -0.4 is 10.2 Å². The highest BCUT2D eigenvalue weighted by Crippen LogP contribution is 2.30. The molecule has 0 spiro atoms. The van der Waals surface area contributed by atoms with Crippen molar-refractivity contribution in [2.24, 2.45) is 0 Å². The van der Waals surface area contributed by atoms with Gasteiger partial charge in [-0.3, -0.25) is 0 Å². The molecule has 1 fully saturated rings. The van der Waals surface area contributed by atoms with Gasteiger partial charge in [-0.05, 0) is 32.0 Å². The molecule has 0 atom stereocenters. The smallest absolute Gasteiger partial charge is 0.129 e. The molecule has 0 bridgehead atoms. The highest BCUT2D eigenvalue weighted by Gasteiger charge is 2.22. The van der Waals surface area contributed by atoms with Crippen molar-refractivity contribution in [1.29, 1.82) is 0 Å². The number of nitrogens with one attached hydrogen (secondary N) is 1. The molecular weight excluding hydrogens is 215 g/mol. The Kier molecular flexibility index (Phi) is 4.00. The third kappa shape index (κ3) is 2.60. The lowest BCUT2D eigenvalue weighted by atomic mass is 10.1. The van der Waals surface area contributed by atoms with Gasteiger partial charge in [-0.1, -0.05) is 18.9 Å². The van der Waals surface area contributed by atoms with Crippen molar-refractivity contribution in [2.45, 2.75) is 38.3 Å². The fourth-order valence-electron chi connectivity index (χ4n) is 2.72. The van der Waals surface area contributed by atoms with Crippen LogP contribution in [0.15, 0.2) is 18.2 Å². The molecule has 1 aromatic carbocycles. The fraction of sp³-hybridized carbons (Fsp3) is 0.571. The molecule has 0 amide bonds. The van der Waals surface area contributed by atoms with Gasteiger partial charge in [0.05, 0.1) is 0 Å². The molecule has 1 saturated carbocycles. The van der Waals surface area contributed by atoms with Crippen molar-refractivity contribution in [1.82, 2.24) is 5.32 Å². The van der Waals surface area contributed by atoms with E-state index in [2.05, 4.69) is 17.3 Å². The van der Waals surface area contributed by atoms with Gasteiger partial charge in [0.15, 0.2) is 0 Å². The first-order valence-corrected chi connectivity index (χ1v) is 6.39. The van der Waals surface area contributed by atoms with Crippen LogP contribution in [0.1, 0.15) is 31.2 Å². The molecule has 3 heteroatoms. The Bertz CT molecular complexity index is 372. The van der Waals surface area contributed by atoms with Crippen molar-refractivity contribution in [3.63, 3.8) is 0 Å². The zero-order valence-electron chi connectivity index (χ0n) is 10.7. The predicted octanol–water partition coefficient (Wildman–Crippen LogP) is 2.92. The number of nitrogens with zero attached hydrogens (tertiary/aromatic N) is 1. The summed E-state index contributed by atoms with van der Waals surface area (Å²) in [6.45, 7) is 0.582. The van der Waals surface area contributed by atoms with Crippen LogP contribution in [-0.4, -0.2) is 20.1 Å². The zero-order valence-corrected chi connectivity index (χ0v) is 10.7. The Hall–Kier alpha value is -1.09. The third-order valence-electron chi connectivity index (χ3n) is 3.70. The van der Waals surface area contributed by atoms with E-state index in [1.165, 1.54) is 25.7 Å². The molecule has 0 aromatic heterocycles. The highest BCUT2D eigenvalue weighted by atomic mass is 19.1. The number of hydrogen-bond donors (Lipinski definition) is 1. The Morgan fingerprint density at radius 1 is 1.35 bits per heavy atom. The molecule has 1 aromatic rings. The predicted molar refractivity (Wildman–Crippen MR) is 69.8 cm³/mol. The summed E-state index contributed by atoms with van der Waals surface area (Å²) in [5.74, 6) is -0.110. The molecule has 0 unspecified atom stereocenters. The fourth-order valence-corrected chi connectivity index (χ4v) is 2.72. The zero-order chi connectivity index (χ0) is 12.3. The summed E-state index contributed by atoms with van der Waals surface area (Å²) >= 11 is 0. The Morgan fingerprint density at radius 3 is 2.71 bits per heavy atom. The molecule has 0 heterocycles. The first-order chi connectivity index (χ1) is 8.24. The Morgan fingerprint density at radius 2 is 2.06 bits per heavy atom. The third-order valence-corrected chi connectivity index (χ3v) is 3.70. The molecular formula is C14H21FN2. The second kappa shape index (κ2) is 5.50. The van der Waals surface area contributed by atoms with E-state index in [0.29, 0.717) is 12.6 Å². The molecule has 0 saturated heterocycles. The molecule has 0 aliphatic heterocycles. The molecule has 0 radical (unpaired) electrons. The monoisotopic (exact) mass is 236 g/mol. The minimum Gasteiger partial charge on any atom is -0.371 e. The molecule has 1 aliphatic rings. The van der Waals surface area contributed by atoms with Gasteiger partial charge in [0.1, 0.15) is 5.82 Å². The maximum absolute atomic E-state index is 13.8. The van der Waals surface area contributed by atoms with Crippen LogP contribution in [-0.2, 0) is 6.54 Å². The van der Waals surface area contributed by atoms with E-state index in [1.54, 1.807) is 12.1 Å². The summed E-state index contributed by atoms with van der Waals surface area (Å²) in [6, 6.07) is 5.94. The van der Waals surface area contributed by atoms with E-state index in [0.717, 1.165) is 11.3 Å². The minimum absolute atomic E-state index is 0.110. The van der Waals surface area contributed by atoms with Crippen molar-refractivity contribution in [3.8, 4) is 0 Å². The maximum Gasteiger partial charge on any atom is 0.129 e. The number of benzene rings is 1. The minimum atomic E-state index is -0.110.